The van der Waals surface area contributed by atoms with Crippen LogP contribution in [0.3, 0.4) is 0 Å². The third-order valence-corrected chi connectivity index (χ3v) is 2.32. The summed E-state index contributed by atoms with van der Waals surface area (Å²) >= 11 is 0. The summed E-state index contributed by atoms with van der Waals surface area (Å²) in [7, 11) is 0. The predicted molar refractivity (Wildman–Crippen MR) is 65.2 cm³/mol. The summed E-state index contributed by atoms with van der Waals surface area (Å²) in [6.07, 6.45) is 1.64. The Bertz CT molecular complexity index is 535. The molecule has 0 fully saturated rings. The average molecular weight is 244 g/mol. The molecule has 1 heterocycles. The number of nitrogens with one attached hydrogen (secondary N) is 1. The van der Waals surface area contributed by atoms with Crippen molar-refractivity contribution in [2.24, 2.45) is 0 Å². The molecule has 1 aromatic carbocycles. The molecule has 0 aliphatic heterocycles. The Hall–Kier alpha value is -2.56. The van der Waals surface area contributed by atoms with Gasteiger partial charge in [0, 0.05) is 17.8 Å². The van der Waals surface area contributed by atoms with Gasteiger partial charge in [-0.15, -0.1) is 0 Å². The lowest BCUT2D eigenvalue weighted by atomic mass is 10.2. The molecule has 0 aliphatic rings. The van der Waals surface area contributed by atoms with Gasteiger partial charge in [-0.05, 0) is 24.3 Å². The van der Waals surface area contributed by atoms with E-state index in [2.05, 4.69) is 10.3 Å². The number of hydrogen-bond donors (Lipinski definition) is 3. The van der Waals surface area contributed by atoms with E-state index < -0.39 is 0 Å². The van der Waals surface area contributed by atoms with Crippen molar-refractivity contribution in [2.45, 2.75) is 6.54 Å². The van der Waals surface area contributed by atoms with Crippen molar-refractivity contribution < 1.29 is 15.0 Å². The lowest BCUT2D eigenvalue weighted by Crippen LogP contribution is -2.23. The van der Waals surface area contributed by atoms with Crippen LogP contribution in [-0.2, 0) is 6.54 Å². The standard InChI is InChI=1S/C13H12N2O3/c16-11-5-9(6-12(17)7-11)13(18)15-8-10-3-1-2-4-14-10/h1-7,16-17H,8H2,(H,15,18). The van der Waals surface area contributed by atoms with Crippen LogP contribution < -0.4 is 5.32 Å². The summed E-state index contributed by atoms with van der Waals surface area (Å²) in [4.78, 5) is 15.8. The average Bonchev–Trinajstić information content (AvgIpc) is 2.36. The molecular weight excluding hydrogens is 232 g/mol. The maximum absolute atomic E-state index is 11.8. The number of phenolic OH excluding ortho intramolecular Hbond substituents is 2. The topological polar surface area (TPSA) is 82.5 Å². The van der Waals surface area contributed by atoms with Crippen LogP contribution >= 0.6 is 0 Å². The molecule has 2 rings (SSSR count). The lowest BCUT2D eigenvalue weighted by Gasteiger charge is -2.05. The number of nitrogens with zero attached hydrogens (tertiary/aromatic N) is 1. The number of rotatable bonds is 3. The predicted octanol–water partition coefficient (Wildman–Crippen LogP) is 1.42. The van der Waals surface area contributed by atoms with E-state index in [1.807, 2.05) is 6.07 Å². The first-order chi connectivity index (χ1) is 8.65. The van der Waals surface area contributed by atoms with Gasteiger partial charge in [0.25, 0.3) is 5.91 Å². The minimum atomic E-state index is -0.383. The Morgan fingerprint density at radius 2 is 1.89 bits per heavy atom. The molecule has 1 aromatic heterocycles. The van der Waals surface area contributed by atoms with E-state index in [1.54, 1.807) is 18.3 Å². The second-order valence-corrected chi connectivity index (χ2v) is 3.74. The number of carbonyl (C=O) groups is 1. The molecule has 0 bridgehead atoms. The quantitative estimate of drug-likeness (QED) is 0.762. The fraction of sp³-hybridized carbons (Fsp3) is 0.0769. The van der Waals surface area contributed by atoms with E-state index in [1.165, 1.54) is 12.1 Å². The van der Waals surface area contributed by atoms with E-state index >= 15 is 0 Å². The minimum absolute atomic E-state index is 0.155. The fourth-order valence-electron chi connectivity index (χ4n) is 1.50. The largest absolute Gasteiger partial charge is 0.508 e. The first-order valence-electron chi connectivity index (χ1n) is 5.36. The molecule has 1 amide bonds. The highest BCUT2D eigenvalue weighted by Crippen LogP contribution is 2.20. The second-order valence-electron chi connectivity index (χ2n) is 3.74. The zero-order valence-corrected chi connectivity index (χ0v) is 9.50. The molecule has 5 nitrogen and oxygen atoms in total. The Morgan fingerprint density at radius 1 is 1.17 bits per heavy atom. The molecular formula is C13H12N2O3. The third kappa shape index (κ3) is 2.98. The fourth-order valence-corrected chi connectivity index (χ4v) is 1.50. The number of aromatic hydroxyl groups is 2. The van der Waals surface area contributed by atoms with Gasteiger partial charge in [-0.3, -0.25) is 9.78 Å². The summed E-state index contributed by atoms with van der Waals surface area (Å²) in [6.45, 7) is 0.288. The molecule has 3 N–H and O–H groups in total. The lowest BCUT2D eigenvalue weighted by molar-refractivity contribution is 0.0949. The first kappa shape index (κ1) is 11.9. The van der Waals surface area contributed by atoms with Crippen LogP contribution in [0.25, 0.3) is 0 Å². The van der Waals surface area contributed by atoms with Crippen molar-refractivity contribution in [1.82, 2.24) is 10.3 Å². The van der Waals surface area contributed by atoms with E-state index in [0.717, 1.165) is 11.8 Å². The van der Waals surface area contributed by atoms with Gasteiger partial charge in [0.15, 0.2) is 0 Å². The number of pyridine rings is 1. The number of carbonyl (C=O) groups excluding carboxylic acids is 1. The van der Waals surface area contributed by atoms with Crippen LogP contribution in [0.4, 0.5) is 0 Å². The van der Waals surface area contributed by atoms with Gasteiger partial charge in [0.2, 0.25) is 0 Å². The maximum atomic E-state index is 11.8. The van der Waals surface area contributed by atoms with E-state index in [-0.39, 0.29) is 29.5 Å². The van der Waals surface area contributed by atoms with Gasteiger partial charge in [-0.2, -0.15) is 0 Å². The summed E-state index contributed by atoms with van der Waals surface area (Å²) in [5.74, 6) is -0.692. The molecule has 0 saturated heterocycles. The number of aromatic nitrogens is 1. The molecule has 0 radical (unpaired) electrons. The number of hydrogen-bond acceptors (Lipinski definition) is 4. The van der Waals surface area contributed by atoms with Crippen LogP contribution in [0.2, 0.25) is 0 Å². The Morgan fingerprint density at radius 3 is 2.50 bits per heavy atom. The molecule has 0 aliphatic carbocycles. The van der Waals surface area contributed by atoms with Crippen LogP contribution in [-0.4, -0.2) is 21.1 Å². The van der Waals surface area contributed by atoms with Gasteiger partial charge in [-0.1, -0.05) is 6.07 Å². The number of benzene rings is 1. The molecule has 5 heteroatoms. The van der Waals surface area contributed by atoms with Crippen molar-refractivity contribution in [2.75, 3.05) is 0 Å². The molecule has 18 heavy (non-hydrogen) atoms. The molecule has 0 saturated carbocycles. The van der Waals surface area contributed by atoms with Gasteiger partial charge in [0.1, 0.15) is 11.5 Å². The summed E-state index contributed by atoms with van der Waals surface area (Å²) in [5.41, 5.74) is 0.929. The van der Waals surface area contributed by atoms with E-state index in [9.17, 15) is 15.0 Å². The summed E-state index contributed by atoms with van der Waals surface area (Å²) in [6, 6.07) is 9.14. The van der Waals surface area contributed by atoms with Crippen LogP contribution in [0.5, 0.6) is 11.5 Å². The molecule has 0 unspecified atom stereocenters. The van der Waals surface area contributed by atoms with Crippen LogP contribution in [0.1, 0.15) is 16.1 Å². The second kappa shape index (κ2) is 5.18. The first-order valence-corrected chi connectivity index (χ1v) is 5.36. The van der Waals surface area contributed by atoms with E-state index in [4.69, 9.17) is 0 Å². The number of amides is 1. The highest BCUT2D eigenvalue weighted by atomic mass is 16.3. The minimum Gasteiger partial charge on any atom is -0.508 e. The van der Waals surface area contributed by atoms with Crippen molar-refractivity contribution in [3.8, 4) is 11.5 Å². The Labute approximate surface area is 104 Å². The zero-order chi connectivity index (χ0) is 13.0. The van der Waals surface area contributed by atoms with Gasteiger partial charge in [0.05, 0.1) is 12.2 Å². The SMILES string of the molecule is O=C(NCc1ccccn1)c1cc(O)cc(O)c1. The molecule has 92 valence electrons. The van der Waals surface area contributed by atoms with Crippen LogP contribution in [0.15, 0.2) is 42.6 Å². The smallest absolute Gasteiger partial charge is 0.251 e. The monoisotopic (exact) mass is 244 g/mol. The normalized spacial score (nSPS) is 10.0. The van der Waals surface area contributed by atoms with Crippen molar-refractivity contribution in [3.05, 3.63) is 53.9 Å². The van der Waals surface area contributed by atoms with Gasteiger partial charge >= 0.3 is 0 Å². The summed E-state index contributed by atoms with van der Waals surface area (Å²) in [5, 5.41) is 21.2. The van der Waals surface area contributed by atoms with Crippen LogP contribution in [0, 0.1) is 0 Å². The van der Waals surface area contributed by atoms with Gasteiger partial charge < -0.3 is 15.5 Å². The molecule has 2 aromatic rings. The molecule has 0 atom stereocenters. The van der Waals surface area contributed by atoms with Crippen molar-refractivity contribution in [3.63, 3.8) is 0 Å². The van der Waals surface area contributed by atoms with E-state index in [0.29, 0.717) is 0 Å². The Kier molecular flexibility index (Phi) is 3.43. The highest BCUT2D eigenvalue weighted by molar-refractivity contribution is 5.94. The third-order valence-electron chi connectivity index (χ3n) is 2.32. The number of phenols is 2. The highest BCUT2D eigenvalue weighted by Gasteiger charge is 2.08. The van der Waals surface area contributed by atoms with Gasteiger partial charge in [-0.25, -0.2) is 0 Å². The molecule has 0 spiro atoms. The van der Waals surface area contributed by atoms with Crippen molar-refractivity contribution >= 4 is 5.91 Å². The van der Waals surface area contributed by atoms with Crippen molar-refractivity contribution in [1.29, 1.82) is 0 Å². The Balaban J connectivity index is 2.04. The zero-order valence-electron chi connectivity index (χ0n) is 9.50. The summed E-state index contributed by atoms with van der Waals surface area (Å²) < 4.78 is 0. The maximum Gasteiger partial charge on any atom is 0.251 e.